The van der Waals surface area contributed by atoms with Gasteiger partial charge in [-0.3, -0.25) is 0 Å². The molecule has 0 bridgehead atoms. The van der Waals surface area contributed by atoms with Crippen molar-refractivity contribution >= 4 is 32.9 Å². The lowest BCUT2D eigenvalue weighted by Gasteiger charge is -2.22. The van der Waals surface area contributed by atoms with Crippen molar-refractivity contribution in [3.05, 3.63) is 157 Å². The zero-order valence-corrected chi connectivity index (χ0v) is 23.9. The second kappa shape index (κ2) is 9.46. The molecular weight excluding hydrogens is 506 g/mol. The quantitative estimate of drug-likeness (QED) is 0.235. The first-order valence-electron chi connectivity index (χ1n) is 14.7. The number of nitrogens with one attached hydrogen (secondary N) is 1. The van der Waals surface area contributed by atoms with Crippen LogP contribution in [0.5, 0.6) is 0 Å². The van der Waals surface area contributed by atoms with E-state index in [-0.39, 0.29) is 5.41 Å². The summed E-state index contributed by atoms with van der Waals surface area (Å²) in [5, 5.41) is 8.75. The lowest BCUT2D eigenvalue weighted by Crippen LogP contribution is -2.15. The van der Waals surface area contributed by atoms with Crippen LogP contribution in [-0.2, 0) is 5.41 Å². The van der Waals surface area contributed by atoms with Crippen molar-refractivity contribution in [1.29, 1.82) is 0 Å². The molecule has 1 aliphatic carbocycles. The number of fused-ring (bicyclic) bond motifs is 5. The second-order valence-electron chi connectivity index (χ2n) is 11.9. The van der Waals surface area contributed by atoms with Crippen molar-refractivity contribution in [3.8, 4) is 33.4 Å². The molecule has 1 N–H and O–H groups in total. The lowest BCUT2D eigenvalue weighted by atomic mass is 9.82. The molecule has 42 heavy (non-hydrogen) atoms. The molecule has 0 aromatic heterocycles. The summed E-state index contributed by atoms with van der Waals surface area (Å²) in [7, 11) is 0. The Morgan fingerprint density at radius 3 is 1.79 bits per heavy atom. The molecule has 0 spiro atoms. The van der Waals surface area contributed by atoms with Gasteiger partial charge in [-0.05, 0) is 90.3 Å². The highest BCUT2D eigenvalue weighted by Crippen LogP contribution is 2.49. The van der Waals surface area contributed by atoms with E-state index >= 15 is 0 Å². The summed E-state index contributed by atoms with van der Waals surface area (Å²) in [6, 6.07) is 53.0. The van der Waals surface area contributed by atoms with Crippen LogP contribution in [0.2, 0.25) is 0 Å². The Morgan fingerprint density at radius 2 is 0.952 bits per heavy atom. The topological polar surface area (TPSA) is 12.0 Å². The van der Waals surface area contributed by atoms with Crippen LogP contribution in [0.1, 0.15) is 25.0 Å². The molecule has 0 heterocycles. The van der Waals surface area contributed by atoms with Gasteiger partial charge in [0, 0.05) is 16.8 Å². The third-order valence-corrected chi connectivity index (χ3v) is 9.07. The normalized spacial score (nSPS) is 13.2. The largest absolute Gasteiger partial charge is 0.356 e. The molecule has 1 heteroatoms. The first-order valence-corrected chi connectivity index (χ1v) is 14.7. The van der Waals surface area contributed by atoms with Crippen LogP contribution in [-0.4, -0.2) is 0 Å². The third kappa shape index (κ3) is 3.85. The second-order valence-corrected chi connectivity index (χ2v) is 11.9. The Hall–Kier alpha value is -5.14. The van der Waals surface area contributed by atoms with E-state index in [1.165, 1.54) is 66.1 Å². The molecule has 200 valence electrons. The average molecular weight is 538 g/mol. The highest BCUT2D eigenvalue weighted by atomic mass is 14.9. The molecule has 0 saturated heterocycles. The minimum absolute atomic E-state index is 0.00721. The van der Waals surface area contributed by atoms with Crippen molar-refractivity contribution in [1.82, 2.24) is 0 Å². The van der Waals surface area contributed by atoms with Gasteiger partial charge in [0.1, 0.15) is 0 Å². The van der Waals surface area contributed by atoms with Gasteiger partial charge in [0.25, 0.3) is 0 Å². The first kappa shape index (κ1) is 24.6. The molecule has 0 saturated carbocycles. The molecule has 1 nitrogen and oxygen atoms in total. The fourth-order valence-electron chi connectivity index (χ4n) is 6.93. The summed E-state index contributed by atoms with van der Waals surface area (Å²) in [6.45, 7) is 4.65. The summed E-state index contributed by atoms with van der Waals surface area (Å²) in [4.78, 5) is 0. The number of rotatable bonds is 4. The minimum Gasteiger partial charge on any atom is -0.356 e. The van der Waals surface area contributed by atoms with E-state index in [2.05, 4.69) is 165 Å². The molecule has 7 aromatic rings. The molecule has 1 aliphatic rings. The Labute approximate surface area is 247 Å². The fraction of sp³-hybridized carbons (Fsp3) is 0.0732. The van der Waals surface area contributed by atoms with E-state index in [4.69, 9.17) is 0 Å². The molecule has 0 unspecified atom stereocenters. The highest BCUT2D eigenvalue weighted by molar-refractivity contribution is 6.09. The van der Waals surface area contributed by atoms with Gasteiger partial charge in [-0.1, -0.05) is 135 Å². The lowest BCUT2D eigenvalue weighted by molar-refractivity contribution is 0.660. The van der Waals surface area contributed by atoms with Crippen LogP contribution in [0.15, 0.2) is 146 Å². The summed E-state index contributed by atoms with van der Waals surface area (Å²) in [5.74, 6) is 0. The van der Waals surface area contributed by atoms with Crippen molar-refractivity contribution in [2.45, 2.75) is 19.3 Å². The standard InChI is InChI=1S/C41H31N/c1-41(2)39-17-8-7-15-37(39)38-23-22-30(26-40(38)41)42-29-20-18-28(19-21-29)32-24-25-36(35-14-6-5-13-33(32)35)34-16-9-11-27-10-3-4-12-31(27)34/h3-26,42H,1-2H3. The predicted octanol–water partition coefficient (Wildman–Crippen LogP) is 11.4. The van der Waals surface area contributed by atoms with Crippen LogP contribution < -0.4 is 5.32 Å². The van der Waals surface area contributed by atoms with Gasteiger partial charge in [-0.2, -0.15) is 0 Å². The molecule has 8 rings (SSSR count). The van der Waals surface area contributed by atoms with Crippen molar-refractivity contribution in [3.63, 3.8) is 0 Å². The number of anilines is 2. The zero-order chi connectivity index (χ0) is 28.3. The maximum Gasteiger partial charge on any atom is 0.0387 e. The van der Waals surface area contributed by atoms with E-state index in [0.717, 1.165) is 11.4 Å². The minimum atomic E-state index is -0.00721. The average Bonchev–Trinajstić information content (AvgIpc) is 3.27. The van der Waals surface area contributed by atoms with Gasteiger partial charge in [-0.25, -0.2) is 0 Å². The van der Waals surface area contributed by atoms with Gasteiger partial charge in [0.2, 0.25) is 0 Å². The van der Waals surface area contributed by atoms with Crippen LogP contribution in [0.25, 0.3) is 54.9 Å². The summed E-state index contributed by atoms with van der Waals surface area (Å²) in [5.41, 5.74) is 12.7. The van der Waals surface area contributed by atoms with E-state index in [9.17, 15) is 0 Å². The molecule has 7 aromatic carbocycles. The van der Waals surface area contributed by atoms with E-state index in [1.54, 1.807) is 0 Å². The van der Waals surface area contributed by atoms with Crippen LogP contribution in [0.3, 0.4) is 0 Å². The number of hydrogen-bond acceptors (Lipinski definition) is 1. The van der Waals surface area contributed by atoms with Crippen LogP contribution in [0, 0.1) is 0 Å². The molecular formula is C41H31N. The Morgan fingerprint density at radius 1 is 0.405 bits per heavy atom. The van der Waals surface area contributed by atoms with Crippen LogP contribution >= 0.6 is 0 Å². The van der Waals surface area contributed by atoms with Gasteiger partial charge in [-0.15, -0.1) is 0 Å². The summed E-state index contributed by atoms with van der Waals surface area (Å²) < 4.78 is 0. The number of benzene rings is 7. The molecule has 0 fully saturated rings. The predicted molar refractivity (Wildman–Crippen MR) is 180 cm³/mol. The fourth-order valence-corrected chi connectivity index (χ4v) is 6.93. The van der Waals surface area contributed by atoms with Crippen molar-refractivity contribution in [2.75, 3.05) is 5.32 Å². The highest BCUT2D eigenvalue weighted by Gasteiger charge is 2.35. The molecule has 0 aliphatic heterocycles. The smallest absolute Gasteiger partial charge is 0.0387 e. The van der Waals surface area contributed by atoms with Gasteiger partial charge in [0.05, 0.1) is 0 Å². The Kier molecular flexibility index (Phi) is 5.55. The van der Waals surface area contributed by atoms with Crippen LogP contribution in [0.4, 0.5) is 11.4 Å². The first-order chi connectivity index (χ1) is 20.6. The van der Waals surface area contributed by atoms with E-state index in [1.807, 2.05) is 0 Å². The zero-order valence-electron chi connectivity index (χ0n) is 23.9. The maximum atomic E-state index is 3.66. The van der Waals surface area contributed by atoms with Gasteiger partial charge < -0.3 is 5.32 Å². The summed E-state index contributed by atoms with van der Waals surface area (Å²) >= 11 is 0. The monoisotopic (exact) mass is 537 g/mol. The maximum absolute atomic E-state index is 3.66. The SMILES string of the molecule is CC1(C)c2ccccc2-c2ccc(Nc3ccc(-c4ccc(-c5cccc6ccccc56)c5ccccc45)cc3)cc21. The Bertz CT molecular complexity index is 2130. The van der Waals surface area contributed by atoms with E-state index in [0.29, 0.717) is 0 Å². The summed E-state index contributed by atoms with van der Waals surface area (Å²) in [6.07, 6.45) is 0. The van der Waals surface area contributed by atoms with Gasteiger partial charge in [0.15, 0.2) is 0 Å². The third-order valence-electron chi connectivity index (χ3n) is 9.07. The van der Waals surface area contributed by atoms with Crippen molar-refractivity contribution in [2.24, 2.45) is 0 Å². The molecule has 0 amide bonds. The molecule has 0 atom stereocenters. The van der Waals surface area contributed by atoms with Gasteiger partial charge >= 0.3 is 0 Å². The molecule has 0 radical (unpaired) electrons. The Balaban J connectivity index is 1.13. The van der Waals surface area contributed by atoms with E-state index < -0.39 is 0 Å². The van der Waals surface area contributed by atoms with Crippen molar-refractivity contribution < 1.29 is 0 Å². The number of hydrogen-bond donors (Lipinski definition) is 1.